The minimum atomic E-state index is -0.262. The Labute approximate surface area is 123 Å². The van der Waals surface area contributed by atoms with Crippen molar-refractivity contribution in [3.63, 3.8) is 0 Å². The van der Waals surface area contributed by atoms with Crippen LogP contribution in [0, 0.1) is 0 Å². The van der Waals surface area contributed by atoms with Gasteiger partial charge in [-0.25, -0.2) is 0 Å². The predicted molar refractivity (Wildman–Crippen MR) is 77.4 cm³/mol. The number of esters is 1. The van der Waals surface area contributed by atoms with Crippen LogP contribution in [0.2, 0.25) is 5.02 Å². The van der Waals surface area contributed by atoms with Gasteiger partial charge in [0.25, 0.3) is 0 Å². The molecule has 0 radical (unpaired) electrons. The second-order valence-electron chi connectivity index (χ2n) is 4.13. The first kappa shape index (κ1) is 16.5. The van der Waals surface area contributed by atoms with Crippen molar-refractivity contribution in [2.24, 2.45) is 0 Å². The number of nitrogens with one attached hydrogen (secondary N) is 2. The molecule has 1 rings (SSSR count). The molecule has 2 N–H and O–H groups in total. The van der Waals surface area contributed by atoms with Crippen molar-refractivity contribution in [1.82, 2.24) is 10.6 Å². The number of halogens is 1. The number of benzene rings is 1. The van der Waals surface area contributed by atoms with Crippen LogP contribution in [0.15, 0.2) is 24.3 Å². The van der Waals surface area contributed by atoms with Gasteiger partial charge in [-0.1, -0.05) is 23.7 Å². The van der Waals surface area contributed by atoms with Crippen LogP contribution in [0.1, 0.15) is 18.9 Å². The first-order valence-electron chi connectivity index (χ1n) is 6.49. The van der Waals surface area contributed by atoms with Crippen molar-refractivity contribution >= 4 is 23.5 Å². The van der Waals surface area contributed by atoms with Gasteiger partial charge in [0.15, 0.2) is 0 Å². The van der Waals surface area contributed by atoms with Crippen molar-refractivity contribution in [2.45, 2.75) is 19.9 Å². The lowest BCUT2D eigenvalue weighted by molar-refractivity contribution is -0.143. The zero-order chi connectivity index (χ0) is 14.8. The summed E-state index contributed by atoms with van der Waals surface area (Å²) in [4.78, 5) is 22.6. The number of carbonyl (C=O) groups excluding carboxylic acids is 2. The third-order valence-electron chi connectivity index (χ3n) is 2.50. The van der Waals surface area contributed by atoms with Crippen molar-refractivity contribution in [3.8, 4) is 0 Å². The molecular weight excluding hydrogens is 280 g/mol. The summed E-state index contributed by atoms with van der Waals surface area (Å²) in [5.41, 5.74) is 0.981. The van der Waals surface area contributed by atoms with E-state index in [4.69, 9.17) is 16.3 Å². The highest BCUT2D eigenvalue weighted by Crippen LogP contribution is 2.08. The molecule has 0 saturated carbocycles. The smallest absolute Gasteiger partial charge is 0.307 e. The Morgan fingerprint density at radius 3 is 2.60 bits per heavy atom. The predicted octanol–water partition coefficient (Wildman–Crippen LogP) is 1.50. The minimum absolute atomic E-state index is 0.121. The summed E-state index contributed by atoms with van der Waals surface area (Å²) in [6.07, 6.45) is 0.262. The highest BCUT2D eigenvalue weighted by molar-refractivity contribution is 6.30. The third-order valence-corrected chi connectivity index (χ3v) is 2.75. The highest BCUT2D eigenvalue weighted by Gasteiger charge is 2.03. The lowest BCUT2D eigenvalue weighted by atomic mass is 10.2. The molecule has 0 aliphatic heterocycles. The summed E-state index contributed by atoms with van der Waals surface area (Å²) in [6, 6.07) is 7.27. The van der Waals surface area contributed by atoms with E-state index < -0.39 is 0 Å². The molecule has 0 spiro atoms. The summed E-state index contributed by atoms with van der Waals surface area (Å²) in [6.45, 7) is 3.19. The zero-order valence-electron chi connectivity index (χ0n) is 11.4. The van der Waals surface area contributed by atoms with Gasteiger partial charge >= 0.3 is 5.97 Å². The average molecular weight is 299 g/mol. The summed E-state index contributed by atoms with van der Waals surface area (Å²) < 4.78 is 4.77. The van der Waals surface area contributed by atoms with Crippen molar-refractivity contribution in [3.05, 3.63) is 34.9 Å². The molecule has 20 heavy (non-hydrogen) atoms. The molecule has 1 aromatic rings. The fraction of sp³-hybridized carbons (Fsp3) is 0.429. The highest BCUT2D eigenvalue weighted by atomic mass is 35.5. The zero-order valence-corrected chi connectivity index (χ0v) is 12.2. The van der Waals surface area contributed by atoms with Crippen molar-refractivity contribution in [2.75, 3.05) is 19.7 Å². The molecule has 6 heteroatoms. The second-order valence-corrected chi connectivity index (χ2v) is 4.57. The van der Waals surface area contributed by atoms with Crippen LogP contribution < -0.4 is 10.6 Å². The molecule has 1 amide bonds. The summed E-state index contributed by atoms with van der Waals surface area (Å²) in [5, 5.41) is 6.32. The fourth-order valence-electron chi connectivity index (χ4n) is 1.49. The number of hydrogen-bond acceptors (Lipinski definition) is 4. The average Bonchev–Trinajstić information content (AvgIpc) is 2.43. The van der Waals surface area contributed by atoms with Crippen LogP contribution in [0.25, 0.3) is 0 Å². The van der Waals surface area contributed by atoms with Gasteiger partial charge in [-0.05, 0) is 24.6 Å². The number of rotatable bonds is 8. The maximum Gasteiger partial charge on any atom is 0.307 e. The van der Waals surface area contributed by atoms with E-state index in [0.29, 0.717) is 24.7 Å². The van der Waals surface area contributed by atoms with Crippen LogP contribution in [-0.4, -0.2) is 31.6 Å². The van der Waals surface area contributed by atoms with E-state index in [9.17, 15) is 9.59 Å². The third kappa shape index (κ3) is 7.11. The van der Waals surface area contributed by atoms with Crippen LogP contribution in [0.5, 0.6) is 0 Å². The van der Waals surface area contributed by atoms with E-state index in [2.05, 4.69) is 10.6 Å². The molecule has 0 atom stereocenters. The Kier molecular flexibility index (Phi) is 7.69. The van der Waals surface area contributed by atoms with E-state index >= 15 is 0 Å². The van der Waals surface area contributed by atoms with Crippen LogP contribution in [0.4, 0.5) is 0 Å². The molecule has 0 fully saturated rings. The summed E-state index contributed by atoms with van der Waals surface area (Å²) in [5.74, 6) is -0.384. The Morgan fingerprint density at radius 1 is 1.25 bits per heavy atom. The summed E-state index contributed by atoms with van der Waals surface area (Å²) in [7, 11) is 0. The molecular formula is C14H19ClN2O3. The van der Waals surface area contributed by atoms with Crippen molar-refractivity contribution < 1.29 is 14.3 Å². The molecule has 0 unspecified atom stereocenters. The molecule has 0 saturated heterocycles. The van der Waals surface area contributed by atoms with E-state index in [-0.39, 0.29) is 24.8 Å². The maximum absolute atomic E-state index is 11.5. The van der Waals surface area contributed by atoms with Gasteiger partial charge in [-0.2, -0.15) is 0 Å². The quantitative estimate of drug-likeness (QED) is 0.564. The number of hydrogen-bond donors (Lipinski definition) is 2. The lowest BCUT2D eigenvalue weighted by Crippen LogP contribution is -2.34. The van der Waals surface area contributed by atoms with E-state index in [0.717, 1.165) is 5.56 Å². The number of ether oxygens (including phenoxy) is 1. The minimum Gasteiger partial charge on any atom is -0.466 e. The van der Waals surface area contributed by atoms with Gasteiger partial charge in [0.2, 0.25) is 5.91 Å². The molecule has 0 aliphatic carbocycles. The van der Waals surface area contributed by atoms with E-state index in [1.165, 1.54) is 0 Å². The van der Waals surface area contributed by atoms with Gasteiger partial charge in [0, 0.05) is 18.1 Å². The first-order chi connectivity index (χ1) is 9.61. The fourth-order valence-corrected chi connectivity index (χ4v) is 1.62. The molecule has 0 aromatic heterocycles. The van der Waals surface area contributed by atoms with Gasteiger partial charge in [0.1, 0.15) is 0 Å². The largest absolute Gasteiger partial charge is 0.466 e. The Hall–Kier alpha value is -1.59. The van der Waals surface area contributed by atoms with E-state index in [1.54, 1.807) is 19.1 Å². The van der Waals surface area contributed by atoms with Gasteiger partial charge in [-0.15, -0.1) is 0 Å². The van der Waals surface area contributed by atoms with Crippen LogP contribution in [-0.2, 0) is 20.9 Å². The molecule has 110 valence electrons. The molecule has 0 heterocycles. The standard InChI is InChI=1S/C14H19ClN2O3/c1-2-20-14(19)7-8-16-10-13(18)17-9-11-3-5-12(15)6-4-11/h3-6,16H,2,7-10H2,1H3,(H,17,18). The van der Waals surface area contributed by atoms with Crippen molar-refractivity contribution in [1.29, 1.82) is 0 Å². The maximum atomic E-state index is 11.5. The Balaban J connectivity index is 2.11. The van der Waals surface area contributed by atoms with Gasteiger partial charge in [-0.3, -0.25) is 9.59 Å². The van der Waals surface area contributed by atoms with Gasteiger partial charge in [0.05, 0.1) is 19.6 Å². The first-order valence-corrected chi connectivity index (χ1v) is 6.87. The Morgan fingerprint density at radius 2 is 1.95 bits per heavy atom. The normalized spacial score (nSPS) is 10.1. The Bertz CT molecular complexity index is 435. The molecule has 5 nitrogen and oxygen atoms in total. The topological polar surface area (TPSA) is 67.4 Å². The lowest BCUT2D eigenvalue weighted by Gasteiger charge is -2.07. The molecule has 1 aromatic carbocycles. The number of carbonyl (C=O) groups is 2. The SMILES string of the molecule is CCOC(=O)CCNCC(=O)NCc1ccc(Cl)cc1. The van der Waals surface area contributed by atoms with Gasteiger partial charge < -0.3 is 15.4 Å². The second kappa shape index (κ2) is 9.34. The van der Waals surface area contributed by atoms with E-state index in [1.807, 2.05) is 12.1 Å². The van der Waals surface area contributed by atoms with Crippen LogP contribution in [0.3, 0.4) is 0 Å². The number of amides is 1. The molecule has 0 bridgehead atoms. The summed E-state index contributed by atoms with van der Waals surface area (Å²) >= 11 is 5.77. The van der Waals surface area contributed by atoms with Crippen LogP contribution >= 0.6 is 11.6 Å². The monoisotopic (exact) mass is 298 g/mol. The molecule has 0 aliphatic rings.